The van der Waals surface area contributed by atoms with E-state index in [0.717, 1.165) is 14.9 Å². The molecular formula is C11H10BrNOS. The fourth-order valence-corrected chi connectivity index (χ4v) is 2.52. The molecule has 3 N–H and O–H groups in total. The average Bonchev–Trinajstić information content (AvgIpc) is 2.74. The van der Waals surface area contributed by atoms with Crippen molar-refractivity contribution >= 4 is 27.3 Å². The summed E-state index contributed by atoms with van der Waals surface area (Å²) < 4.78 is 0.919. The van der Waals surface area contributed by atoms with E-state index in [0.29, 0.717) is 0 Å². The molecule has 15 heavy (non-hydrogen) atoms. The van der Waals surface area contributed by atoms with E-state index < -0.39 is 0 Å². The summed E-state index contributed by atoms with van der Waals surface area (Å²) >= 11 is 4.95. The van der Waals surface area contributed by atoms with Gasteiger partial charge in [0, 0.05) is 14.9 Å². The number of phenolic OH excluding ortho intramolecular Hbond substituents is 1. The molecule has 0 aliphatic carbocycles. The van der Waals surface area contributed by atoms with Gasteiger partial charge in [-0.05, 0) is 29.6 Å². The largest absolute Gasteiger partial charge is 0.508 e. The molecule has 0 saturated heterocycles. The summed E-state index contributed by atoms with van der Waals surface area (Å²) in [6.07, 6.45) is 0. The van der Waals surface area contributed by atoms with Crippen LogP contribution in [0.5, 0.6) is 5.75 Å². The van der Waals surface area contributed by atoms with Gasteiger partial charge in [-0.3, -0.25) is 0 Å². The standard InChI is InChI=1S/C11H10BrNOS/c12-7-3-4-9(14)8(6-7)11(13)10-2-1-5-15-10/h1-6,11,14H,13H2/t11-/m1/s1. The molecule has 0 amide bonds. The highest BCUT2D eigenvalue weighted by molar-refractivity contribution is 9.10. The lowest BCUT2D eigenvalue weighted by atomic mass is 10.1. The van der Waals surface area contributed by atoms with Crippen molar-refractivity contribution in [2.45, 2.75) is 6.04 Å². The summed E-state index contributed by atoms with van der Waals surface area (Å²) in [6.45, 7) is 0. The van der Waals surface area contributed by atoms with Crippen molar-refractivity contribution in [3.8, 4) is 5.75 Å². The van der Waals surface area contributed by atoms with Gasteiger partial charge >= 0.3 is 0 Å². The molecule has 0 bridgehead atoms. The second-order valence-electron chi connectivity index (χ2n) is 3.20. The van der Waals surface area contributed by atoms with Crippen LogP contribution in [-0.2, 0) is 0 Å². The number of rotatable bonds is 2. The molecule has 2 rings (SSSR count). The van der Waals surface area contributed by atoms with E-state index in [4.69, 9.17) is 5.73 Å². The number of thiophene rings is 1. The first-order chi connectivity index (χ1) is 7.18. The molecule has 4 heteroatoms. The van der Waals surface area contributed by atoms with Crippen LogP contribution >= 0.6 is 27.3 Å². The highest BCUT2D eigenvalue weighted by atomic mass is 79.9. The van der Waals surface area contributed by atoms with Gasteiger partial charge in [-0.25, -0.2) is 0 Å². The van der Waals surface area contributed by atoms with Gasteiger partial charge in [0.2, 0.25) is 0 Å². The van der Waals surface area contributed by atoms with Crippen LogP contribution in [0.3, 0.4) is 0 Å². The summed E-state index contributed by atoms with van der Waals surface area (Å²) in [5.41, 5.74) is 6.80. The third kappa shape index (κ3) is 2.22. The normalized spacial score (nSPS) is 12.7. The maximum absolute atomic E-state index is 9.71. The van der Waals surface area contributed by atoms with E-state index >= 15 is 0 Å². The first-order valence-corrected chi connectivity index (χ1v) is 6.13. The lowest BCUT2D eigenvalue weighted by Crippen LogP contribution is -2.10. The van der Waals surface area contributed by atoms with Crippen LogP contribution in [0.25, 0.3) is 0 Å². The van der Waals surface area contributed by atoms with Gasteiger partial charge in [0.1, 0.15) is 5.75 Å². The van der Waals surface area contributed by atoms with E-state index in [1.54, 1.807) is 23.5 Å². The number of hydrogen-bond acceptors (Lipinski definition) is 3. The number of aromatic hydroxyl groups is 1. The van der Waals surface area contributed by atoms with Gasteiger partial charge < -0.3 is 10.8 Å². The van der Waals surface area contributed by atoms with Crippen LogP contribution < -0.4 is 5.73 Å². The summed E-state index contributed by atoms with van der Waals surface area (Å²) in [6, 6.07) is 8.94. The molecule has 0 radical (unpaired) electrons. The molecule has 0 unspecified atom stereocenters. The Balaban J connectivity index is 2.41. The van der Waals surface area contributed by atoms with Gasteiger partial charge in [0.05, 0.1) is 6.04 Å². The van der Waals surface area contributed by atoms with Gasteiger partial charge in [-0.2, -0.15) is 0 Å². The maximum Gasteiger partial charge on any atom is 0.120 e. The van der Waals surface area contributed by atoms with E-state index in [-0.39, 0.29) is 11.8 Å². The quantitative estimate of drug-likeness (QED) is 0.889. The highest BCUT2D eigenvalue weighted by Crippen LogP contribution is 2.31. The second-order valence-corrected chi connectivity index (χ2v) is 5.09. The third-order valence-corrected chi connectivity index (χ3v) is 3.62. The zero-order chi connectivity index (χ0) is 10.8. The van der Waals surface area contributed by atoms with Gasteiger partial charge in [-0.15, -0.1) is 11.3 Å². The van der Waals surface area contributed by atoms with Crippen molar-refractivity contribution in [3.63, 3.8) is 0 Å². The van der Waals surface area contributed by atoms with E-state index in [1.165, 1.54) is 0 Å². The van der Waals surface area contributed by atoms with Gasteiger partial charge in [-0.1, -0.05) is 22.0 Å². The van der Waals surface area contributed by atoms with Gasteiger partial charge in [0.25, 0.3) is 0 Å². The number of phenols is 1. The Hall–Kier alpha value is -0.840. The van der Waals surface area contributed by atoms with E-state index in [9.17, 15) is 5.11 Å². The molecule has 2 nitrogen and oxygen atoms in total. The Labute approximate surface area is 100 Å². The van der Waals surface area contributed by atoms with Crippen LogP contribution in [0.4, 0.5) is 0 Å². The smallest absolute Gasteiger partial charge is 0.120 e. The predicted molar refractivity (Wildman–Crippen MR) is 66.2 cm³/mol. The Morgan fingerprint density at radius 3 is 2.80 bits per heavy atom. The van der Waals surface area contributed by atoms with Crippen molar-refractivity contribution in [3.05, 3.63) is 50.6 Å². The van der Waals surface area contributed by atoms with Crippen molar-refractivity contribution in [2.75, 3.05) is 0 Å². The molecule has 0 aliphatic heterocycles. The van der Waals surface area contributed by atoms with Crippen LogP contribution in [-0.4, -0.2) is 5.11 Å². The summed E-state index contributed by atoms with van der Waals surface area (Å²) in [4.78, 5) is 1.04. The number of benzene rings is 1. The predicted octanol–water partition coefficient (Wildman–Crippen LogP) is 3.26. The molecular weight excluding hydrogens is 274 g/mol. The number of hydrogen-bond donors (Lipinski definition) is 2. The van der Waals surface area contributed by atoms with Crippen molar-refractivity contribution < 1.29 is 5.11 Å². The molecule has 78 valence electrons. The fraction of sp³-hybridized carbons (Fsp3) is 0.0909. The SMILES string of the molecule is N[C@@H](c1cccs1)c1cc(Br)ccc1O. The molecule has 0 saturated carbocycles. The summed E-state index contributed by atoms with van der Waals surface area (Å²) in [5.74, 6) is 0.235. The lowest BCUT2D eigenvalue weighted by molar-refractivity contribution is 0.465. The van der Waals surface area contributed by atoms with Crippen molar-refractivity contribution in [1.82, 2.24) is 0 Å². The molecule has 1 heterocycles. The van der Waals surface area contributed by atoms with Crippen LogP contribution in [0.1, 0.15) is 16.5 Å². The molecule has 1 aromatic carbocycles. The maximum atomic E-state index is 9.71. The molecule has 1 atom stereocenters. The third-order valence-electron chi connectivity index (χ3n) is 2.17. The Bertz CT molecular complexity index is 456. The number of nitrogens with two attached hydrogens (primary N) is 1. The van der Waals surface area contributed by atoms with Crippen molar-refractivity contribution in [1.29, 1.82) is 0 Å². The zero-order valence-electron chi connectivity index (χ0n) is 7.85. The van der Waals surface area contributed by atoms with Crippen molar-refractivity contribution in [2.24, 2.45) is 5.73 Å². The first kappa shape index (κ1) is 10.7. The Morgan fingerprint density at radius 2 is 2.13 bits per heavy atom. The highest BCUT2D eigenvalue weighted by Gasteiger charge is 2.14. The monoisotopic (exact) mass is 283 g/mol. The average molecular weight is 284 g/mol. The molecule has 2 aromatic rings. The Kier molecular flexibility index (Phi) is 3.09. The molecule has 0 spiro atoms. The summed E-state index contributed by atoms with van der Waals surface area (Å²) in [7, 11) is 0. The number of halogens is 1. The molecule has 1 aromatic heterocycles. The molecule has 0 fully saturated rings. The topological polar surface area (TPSA) is 46.2 Å². The minimum absolute atomic E-state index is 0.235. The first-order valence-electron chi connectivity index (χ1n) is 4.46. The minimum Gasteiger partial charge on any atom is -0.508 e. The minimum atomic E-state index is -0.262. The lowest BCUT2D eigenvalue weighted by Gasteiger charge is -2.12. The van der Waals surface area contributed by atoms with Crippen LogP contribution in [0.2, 0.25) is 0 Å². The summed E-state index contributed by atoms with van der Waals surface area (Å²) in [5, 5.41) is 11.7. The zero-order valence-corrected chi connectivity index (χ0v) is 10.3. The van der Waals surface area contributed by atoms with E-state index in [1.807, 2.05) is 23.6 Å². The Morgan fingerprint density at radius 1 is 1.33 bits per heavy atom. The van der Waals surface area contributed by atoms with Crippen LogP contribution in [0, 0.1) is 0 Å². The van der Waals surface area contributed by atoms with Crippen LogP contribution in [0.15, 0.2) is 40.2 Å². The van der Waals surface area contributed by atoms with E-state index in [2.05, 4.69) is 15.9 Å². The second kappa shape index (κ2) is 4.35. The fourth-order valence-electron chi connectivity index (χ4n) is 1.40. The van der Waals surface area contributed by atoms with Gasteiger partial charge in [0.15, 0.2) is 0 Å². The molecule has 0 aliphatic rings.